The lowest BCUT2D eigenvalue weighted by Gasteiger charge is -2.36. The summed E-state index contributed by atoms with van der Waals surface area (Å²) < 4.78 is 1.14. The number of rotatable bonds is 15. The number of quaternary nitrogens is 1. The molecule has 0 aromatic heterocycles. The summed E-state index contributed by atoms with van der Waals surface area (Å²) in [7, 11) is 0. The van der Waals surface area contributed by atoms with E-state index in [9.17, 15) is 0 Å². The summed E-state index contributed by atoms with van der Waals surface area (Å²) in [6, 6.07) is 2.32. The first kappa shape index (κ1) is 20.5. The summed E-state index contributed by atoms with van der Waals surface area (Å²) in [6.45, 7) is 11.5. The molecule has 0 radical (unpaired) electrons. The van der Waals surface area contributed by atoms with Crippen LogP contribution in [0.2, 0.25) is 0 Å². The Bertz CT molecular complexity index is 251. The number of hydrogen-bond donors (Lipinski definition) is 0. The van der Waals surface area contributed by atoms with Gasteiger partial charge in [0, 0.05) is 0 Å². The maximum atomic E-state index is 8.81. The zero-order valence-electron chi connectivity index (χ0n) is 15.0. The van der Waals surface area contributed by atoms with E-state index >= 15 is 0 Å². The van der Waals surface area contributed by atoms with Gasteiger partial charge in [-0.05, 0) is 26.7 Å². The lowest BCUT2D eigenvalue weighted by atomic mass is 10.1. The Morgan fingerprint density at radius 2 is 1.14 bits per heavy atom. The number of nitriles is 1. The van der Waals surface area contributed by atoms with Crippen molar-refractivity contribution >= 4 is 0 Å². The molecular weight excluding hydrogens is 256 g/mol. The van der Waals surface area contributed by atoms with Gasteiger partial charge in [0.05, 0.1) is 38.7 Å². The van der Waals surface area contributed by atoms with Gasteiger partial charge < -0.3 is 4.48 Å². The van der Waals surface area contributed by atoms with Gasteiger partial charge in [0.15, 0.2) is 0 Å². The Balaban J connectivity index is 3.56. The Morgan fingerprint density at radius 3 is 1.57 bits per heavy atom. The second-order valence-corrected chi connectivity index (χ2v) is 6.51. The van der Waals surface area contributed by atoms with Crippen LogP contribution in [-0.2, 0) is 0 Å². The minimum absolute atomic E-state index is 0.708. The van der Waals surface area contributed by atoms with Crippen LogP contribution in [0.15, 0.2) is 0 Å². The Kier molecular flexibility index (Phi) is 14.0. The third kappa shape index (κ3) is 10.8. The summed E-state index contributed by atoms with van der Waals surface area (Å²) >= 11 is 0. The highest BCUT2D eigenvalue weighted by molar-refractivity contribution is 4.68. The van der Waals surface area contributed by atoms with Crippen molar-refractivity contribution in [2.45, 2.75) is 91.4 Å². The van der Waals surface area contributed by atoms with E-state index in [1.165, 1.54) is 83.8 Å². The maximum absolute atomic E-state index is 8.81. The molecule has 0 atom stereocenters. The fourth-order valence-electron chi connectivity index (χ4n) is 3.19. The van der Waals surface area contributed by atoms with Gasteiger partial charge in [-0.15, -0.1) is 0 Å². The maximum Gasteiger partial charge on any atom is 0.0918 e. The number of unbranched alkanes of at least 4 members (excludes halogenated alkanes) is 9. The molecule has 0 heterocycles. The molecule has 0 aliphatic carbocycles. The first-order chi connectivity index (χ1) is 10.2. The van der Waals surface area contributed by atoms with Crippen molar-refractivity contribution in [3.05, 3.63) is 0 Å². The molecule has 0 N–H and O–H groups in total. The molecule has 0 saturated heterocycles. The van der Waals surface area contributed by atoms with Crippen LogP contribution in [0.25, 0.3) is 0 Å². The summed E-state index contributed by atoms with van der Waals surface area (Å²) in [6.07, 6.45) is 14.7. The van der Waals surface area contributed by atoms with Crippen LogP contribution >= 0.6 is 0 Å². The Labute approximate surface area is 134 Å². The molecule has 0 amide bonds. The smallest absolute Gasteiger partial charge is 0.0918 e. The largest absolute Gasteiger partial charge is 0.323 e. The predicted molar refractivity (Wildman–Crippen MR) is 93.2 cm³/mol. The zero-order valence-corrected chi connectivity index (χ0v) is 15.0. The molecule has 0 fully saturated rings. The average Bonchev–Trinajstić information content (AvgIpc) is 2.52. The van der Waals surface area contributed by atoms with E-state index in [4.69, 9.17) is 5.26 Å². The lowest BCUT2D eigenvalue weighted by Crippen LogP contribution is -2.48. The van der Waals surface area contributed by atoms with E-state index in [1.807, 2.05) is 0 Å². The molecule has 2 heteroatoms. The van der Waals surface area contributed by atoms with Crippen molar-refractivity contribution < 1.29 is 4.48 Å². The topological polar surface area (TPSA) is 23.8 Å². The van der Waals surface area contributed by atoms with E-state index in [1.54, 1.807) is 0 Å². The minimum atomic E-state index is 0.708. The van der Waals surface area contributed by atoms with Gasteiger partial charge in [0.25, 0.3) is 0 Å². The normalized spacial score (nSPS) is 11.5. The summed E-state index contributed by atoms with van der Waals surface area (Å²) in [5.41, 5.74) is 0. The molecule has 124 valence electrons. The van der Waals surface area contributed by atoms with Crippen molar-refractivity contribution in [1.29, 1.82) is 5.26 Å². The number of nitrogens with zero attached hydrogens (tertiary/aromatic N) is 2. The van der Waals surface area contributed by atoms with Gasteiger partial charge in [-0.25, -0.2) is 0 Å². The van der Waals surface area contributed by atoms with Gasteiger partial charge in [-0.1, -0.05) is 58.3 Å². The van der Waals surface area contributed by atoms with Crippen molar-refractivity contribution in [3.63, 3.8) is 0 Å². The molecule has 0 spiro atoms. The van der Waals surface area contributed by atoms with Crippen LogP contribution in [-0.4, -0.2) is 30.7 Å². The summed E-state index contributed by atoms with van der Waals surface area (Å²) in [5.74, 6) is 0. The van der Waals surface area contributed by atoms with E-state index in [2.05, 4.69) is 26.8 Å². The molecule has 0 rings (SSSR count). The molecule has 0 aromatic carbocycles. The highest BCUT2D eigenvalue weighted by atomic mass is 15.3. The van der Waals surface area contributed by atoms with Gasteiger partial charge >= 0.3 is 0 Å². The molecule has 2 nitrogen and oxygen atoms in total. The molecular formula is C19H39N2+. The minimum Gasteiger partial charge on any atom is -0.323 e. The zero-order chi connectivity index (χ0) is 15.8. The quantitative estimate of drug-likeness (QED) is 0.282. The molecule has 0 aliphatic heterocycles. The van der Waals surface area contributed by atoms with Crippen LogP contribution in [0, 0.1) is 11.3 Å². The molecule has 0 saturated carbocycles. The van der Waals surface area contributed by atoms with Crippen molar-refractivity contribution in [1.82, 2.24) is 0 Å². The van der Waals surface area contributed by atoms with E-state index in [-0.39, 0.29) is 0 Å². The highest BCUT2D eigenvalue weighted by Crippen LogP contribution is 2.14. The first-order valence-corrected chi connectivity index (χ1v) is 9.46. The third-order valence-electron chi connectivity index (χ3n) is 5.03. The van der Waals surface area contributed by atoms with E-state index < -0.39 is 0 Å². The van der Waals surface area contributed by atoms with Gasteiger partial charge in [0.2, 0.25) is 0 Å². The Hall–Kier alpha value is -0.550. The van der Waals surface area contributed by atoms with Gasteiger partial charge in [-0.2, -0.15) is 5.26 Å². The van der Waals surface area contributed by atoms with Crippen molar-refractivity contribution in [2.24, 2.45) is 0 Å². The first-order valence-electron chi connectivity index (χ1n) is 9.46. The van der Waals surface area contributed by atoms with Crippen LogP contribution in [0.5, 0.6) is 0 Å². The lowest BCUT2D eigenvalue weighted by molar-refractivity contribution is -0.924. The average molecular weight is 296 g/mol. The highest BCUT2D eigenvalue weighted by Gasteiger charge is 2.21. The fraction of sp³-hybridized carbons (Fsp3) is 0.947. The van der Waals surface area contributed by atoms with Crippen LogP contribution < -0.4 is 0 Å². The summed E-state index contributed by atoms with van der Waals surface area (Å²) in [5, 5.41) is 8.81. The predicted octanol–water partition coefficient (Wildman–Crippen LogP) is 5.68. The van der Waals surface area contributed by atoms with Gasteiger partial charge in [-0.3, -0.25) is 0 Å². The van der Waals surface area contributed by atoms with E-state index in [0.717, 1.165) is 11.0 Å². The summed E-state index contributed by atoms with van der Waals surface area (Å²) in [4.78, 5) is 0. The van der Waals surface area contributed by atoms with Crippen LogP contribution in [0.4, 0.5) is 0 Å². The standard InChI is InChI=1S/C19H39N2/c1-4-7-8-9-10-11-12-13-14-15-18-21(5-2,6-3)19-16-17-20/h4-16,18-19H2,1-3H3/q+1. The van der Waals surface area contributed by atoms with Crippen molar-refractivity contribution in [2.75, 3.05) is 26.2 Å². The van der Waals surface area contributed by atoms with Gasteiger partial charge in [0.1, 0.15) is 0 Å². The van der Waals surface area contributed by atoms with Crippen molar-refractivity contribution in [3.8, 4) is 6.07 Å². The molecule has 0 aliphatic rings. The second kappa shape index (κ2) is 14.4. The Morgan fingerprint density at radius 1 is 0.667 bits per heavy atom. The fourth-order valence-corrected chi connectivity index (χ4v) is 3.19. The molecule has 0 unspecified atom stereocenters. The molecule has 0 aromatic rings. The third-order valence-corrected chi connectivity index (χ3v) is 5.03. The monoisotopic (exact) mass is 295 g/mol. The molecule has 0 bridgehead atoms. The van der Waals surface area contributed by atoms with Crippen LogP contribution in [0.1, 0.15) is 91.4 Å². The van der Waals surface area contributed by atoms with Crippen LogP contribution in [0.3, 0.4) is 0 Å². The molecule has 21 heavy (non-hydrogen) atoms. The van der Waals surface area contributed by atoms with E-state index in [0.29, 0.717) is 6.42 Å². The SMILES string of the molecule is CCCCCCCCCCCC[N+](CC)(CC)CCC#N. The second-order valence-electron chi connectivity index (χ2n) is 6.51. The number of hydrogen-bond acceptors (Lipinski definition) is 1.